The Morgan fingerprint density at radius 3 is 2.07 bits per heavy atom. The lowest BCUT2D eigenvalue weighted by atomic mass is 9.85. The Labute approximate surface area is 243 Å². The summed E-state index contributed by atoms with van der Waals surface area (Å²) in [6, 6.07) is -6.08. The highest BCUT2D eigenvalue weighted by Gasteiger charge is 2.70. The van der Waals surface area contributed by atoms with Crippen molar-refractivity contribution in [2.45, 2.75) is 91.9 Å². The third-order valence-electron chi connectivity index (χ3n) is 8.05. The zero-order chi connectivity index (χ0) is 32.3. The van der Waals surface area contributed by atoms with Gasteiger partial charge in [-0.3, -0.25) is 19.2 Å². The van der Waals surface area contributed by atoms with Gasteiger partial charge >= 0.3 is 18.0 Å². The Bertz CT molecular complexity index is 1080. The number of carboxylic acid groups (broad SMARTS) is 2. The summed E-state index contributed by atoms with van der Waals surface area (Å²) in [6.07, 6.45) is -4.42. The molecule has 0 aromatic heterocycles. The van der Waals surface area contributed by atoms with Crippen molar-refractivity contribution in [1.82, 2.24) is 26.2 Å². The zero-order valence-electron chi connectivity index (χ0n) is 25.0. The number of amides is 5. The van der Waals surface area contributed by atoms with Gasteiger partial charge in [0.1, 0.15) is 24.2 Å². The predicted molar refractivity (Wildman–Crippen MR) is 145 cm³/mol. The van der Waals surface area contributed by atoms with Crippen molar-refractivity contribution in [1.29, 1.82) is 0 Å². The van der Waals surface area contributed by atoms with Crippen molar-refractivity contribution in [3.8, 4) is 0 Å². The van der Waals surface area contributed by atoms with Crippen LogP contribution in [0.3, 0.4) is 0 Å². The number of piperidine rings is 1. The van der Waals surface area contributed by atoms with Crippen molar-refractivity contribution in [2.75, 3.05) is 13.1 Å². The molecule has 0 bridgehead atoms. The first-order valence-electron chi connectivity index (χ1n) is 13.9. The van der Waals surface area contributed by atoms with Gasteiger partial charge in [0, 0.05) is 19.5 Å². The number of rotatable bonds is 13. The number of nitrogens with zero attached hydrogens (tertiary/aromatic N) is 1. The first-order valence-corrected chi connectivity index (χ1v) is 13.9. The van der Waals surface area contributed by atoms with Gasteiger partial charge in [0.05, 0.1) is 6.42 Å². The summed E-state index contributed by atoms with van der Waals surface area (Å²) in [5.41, 5.74) is -1.23. The Hall–Kier alpha value is -3.52. The van der Waals surface area contributed by atoms with Crippen LogP contribution < -0.4 is 21.3 Å². The third-order valence-corrected chi connectivity index (χ3v) is 8.05. The van der Waals surface area contributed by atoms with Gasteiger partial charge in [-0.15, -0.1) is 0 Å². The highest BCUT2D eigenvalue weighted by atomic mass is 19.3. The van der Waals surface area contributed by atoms with Crippen LogP contribution in [0, 0.1) is 28.6 Å². The normalized spacial score (nSPS) is 22.9. The summed E-state index contributed by atoms with van der Waals surface area (Å²) in [6.45, 7) is 11.9. The highest BCUT2D eigenvalue weighted by Crippen LogP contribution is 2.65. The fourth-order valence-electron chi connectivity index (χ4n) is 5.54. The second-order valence-electron chi connectivity index (χ2n) is 13.0. The van der Waals surface area contributed by atoms with E-state index >= 15 is 0 Å². The summed E-state index contributed by atoms with van der Waals surface area (Å²) in [5.74, 6) is -5.74. The van der Waals surface area contributed by atoms with Gasteiger partial charge < -0.3 is 36.4 Å². The first-order chi connectivity index (χ1) is 19.2. The molecular formula is C27H43F2N5O8. The molecular weight excluding hydrogens is 560 g/mol. The van der Waals surface area contributed by atoms with Crippen LogP contribution in [-0.4, -0.2) is 94.5 Å². The number of alkyl halides is 2. The van der Waals surface area contributed by atoms with E-state index in [-0.39, 0.29) is 30.3 Å². The van der Waals surface area contributed by atoms with Crippen LogP contribution in [0.15, 0.2) is 0 Å². The second-order valence-corrected chi connectivity index (χ2v) is 13.0. The maximum absolute atomic E-state index is 13.9. The number of fused-ring (bicyclic) bond motifs is 1. The molecule has 0 radical (unpaired) electrons. The molecule has 1 aliphatic carbocycles. The van der Waals surface area contributed by atoms with E-state index in [1.165, 1.54) is 4.90 Å². The Balaban J connectivity index is 2.29. The average molecular weight is 604 g/mol. The van der Waals surface area contributed by atoms with Crippen LogP contribution >= 0.6 is 0 Å². The molecule has 0 aromatic rings. The van der Waals surface area contributed by atoms with E-state index in [4.69, 9.17) is 5.11 Å². The fourth-order valence-corrected chi connectivity index (χ4v) is 5.54. The number of carbonyl (C=O) groups excluding carboxylic acids is 4. The number of hydrogen-bond donors (Lipinski definition) is 6. The molecule has 2 fully saturated rings. The van der Waals surface area contributed by atoms with E-state index in [1.54, 1.807) is 34.6 Å². The lowest BCUT2D eigenvalue weighted by Gasteiger charge is -2.38. The van der Waals surface area contributed by atoms with Crippen molar-refractivity contribution in [2.24, 2.45) is 28.6 Å². The van der Waals surface area contributed by atoms with Gasteiger partial charge in [-0.1, -0.05) is 48.5 Å². The van der Waals surface area contributed by atoms with E-state index in [1.807, 2.05) is 13.8 Å². The number of aliphatic carboxylic acids is 2. The minimum Gasteiger partial charge on any atom is -0.481 e. The third kappa shape index (κ3) is 8.28. The van der Waals surface area contributed by atoms with Crippen molar-refractivity contribution in [3.05, 3.63) is 0 Å². The Kier molecular flexibility index (Phi) is 10.9. The molecule has 1 aliphatic heterocycles. The van der Waals surface area contributed by atoms with E-state index in [9.17, 15) is 42.7 Å². The largest absolute Gasteiger partial charge is 0.481 e. The highest BCUT2D eigenvalue weighted by molar-refractivity contribution is 5.96. The number of carbonyl (C=O) groups is 6. The quantitative estimate of drug-likeness (QED) is 0.180. The van der Waals surface area contributed by atoms with Gasteiger partial charge in [-0.25, -0.2) is 18.4 Å². The number of nitrogens with one attached hydrogen (secondary N) is 4. The number of carboxylic acids is 2. The monoisotopic (exact) mass is 603 g/mol. The van der Waals surface area contributed by atoms with Crippen molar-refractivity contribution < 1.29 is 47.8 Å². The summed E-state index contributed by atoms with van der Waals surface area (Å²) >= 11 is 0. The predicted octanol–water partition coefficient (Wildman–Crippen LogP) is 1.02. The fraction of sp³-hybridized carbons (Fsp3) is 0.778. The molecule has 2 rings (SSSR count). The molecule has 5 amide bonds. The topological polar surface area (TPSA) is 194 Å². The Morgan fingerprint density at radius 1 is 1.00 bits per heavy atom. The molecule has 238 valence electrons. The van der Waals surface area contributed by atoms with E-state index in [0.717, 1.165) is 0 Å². The molecule has 6 atom stereocenters. The summed E-state index contributed by atoms with van der Waals surface area (Å²) in [7, 11) is 0. The number of urea groups is 1. The smallest absolute Gasteiger partial charge is 0.326 e. The molecule has 15 heteroatoms. The summed E-state index contributed by atoms with van der Waals surface area (Å²) < 4.78 is 26.6. The lowest BCUT2D eigenvalue weighted by Crippen LogP contribution is -2.62. The number of halogens is 2. The molecule has 0 spiro atoms. The first kappa shape index (κ1) is 34.7. The van der Waals surface area contributed by atoms with Crippen molar-refractivity contribution >= 4 is 35.7 Å². The molecule has 13 nitrogen and oxygen atoms in total. The van der Waals surface area contributed by atoms with Crippen LogP contribution in [-0.2, 0) is 24.0 Å². The van der Waals surface area contributed by atoms with Crippen LogP contribution in [0.4, 0.5) is 13.6 Å². The molecule has 6 N–H and O–H groups in total. The van der Waals surface area contributed by atoms with Gasteiger partial charge in [-0.2, -0.15) is 0 Å². The van der Waals surface area contributed by atoms with Crippen molar-refractivity contribution in [3.63, 3.8) is 0 Å². The summed E-state index contributed by atoms with van der Waals surface area (Å²) in [5, 5.41) is 27.7. The maximum atomic E-state index is 13.9. The van der Waals surface area contributed by atoms with Gasteiger partial charge in [0.15, 0.2) is 0 Å². The van der Waals surface area contributed by atoms with Crippen LogP contribution in [0.2, 0.25) is 0 Å². The summed E-state index contributed by atoms with van der Waals surface area (Å²) in [4.78, 5) is 76.4. The van der Waals surface area contributed by atoms with E-state index in [0.29, 0.717) is 0 Å². The maximum Gasteiger partial charge on any atom is 0.326 e. The minimum absolute atomic E-state index is 0.0954. The molecule has 2 aliphatic rings. The Morgan fingerprint density at radius 2 is 1.60 bits per heavy atom. The van der Waals surface area contributed by atoms with Crippen LogP contribution in [0.5, 0.6) is 0 Å². The SMILES string of the molecule is CC(C)[C@H](NC(=O)N[C@H](C(=O)N1CC2C([C@H]1C(=O)N[C@@H](CC(F)F)C(=O)NCCC(=O)O)C2(C)C)C(C)(C)C)C(=O)O. The van der Waals surface area contributed by atoms with E-state index in [2.05, 4.69) is 21.3 Å². The van der Waals surface area contributed by atoms with Gasteiger partial charge in [0.2, 0.25) is 24.1 Å². The zero-order valence-corrected chi connectivity index (χ0v) is 25.0. The minimum atomic E-state index is -2.96. The van der Waals surface area contributed by atoms with E-state index < -0.39 is 90.5 Å². The average Bonchev–Trinajstić information content (AvgIpc) is 3.16. The van der Waals surface area contributed by atoms with Crippen LogP contribution in [0.25, 0.3) is 0 Å². The standard InChI is InChI=1S/C27H43F2N5O8/c1-12(2)18(24(40)41)32-25(42)33-20(26(3,4)5)23(39)34-11-13-17(27(13,6)7)19(34)22(38)31-14(10-15(28)29)21(37)30-9-8-16(35)36/h12-15,17-20H,8-11H2,1-7H3,(H,30,37)(H,31,38)(H,35,36)(H,40,41)(H2,32,33,42)/t13?,14-,17?,18-,19-,20+/m0/s1. The number of hydrogen-bond acceptors (Lipinski definition) is 6. The lowest BCUT2D eigenvalue weighted by molar-refractivity contribution is -0.144. The molecule has 1 saturated carbocycles. The molecule has 42 heavy (non-hydrogen) atoms. The molecule has 0 aromatic carbocycles. The molecule has 1 heterocycles. The number of likely N-dealkylation sites (tertiary alicyclic amines) is 1. The second kappa shape index (κ2) is 13.2. The van der Waals surface area contributed by atoms with Gasteiger partial charge in [0.25, 0.3) is 0 Å². The van der Waals surface area contributed by atoms with Crippen LogP contribution in [0.1, 0.15) is 61.3 Å². The molecule has 2 unspecified atom stereocenters. The van der Waals surface area contributed by atoms with Gasteiger partial charge in [-0.05, 0) is 28.6 Å². The molecule has 1 saturated heterocycles.